The molecule has 0 bridgehead atoms. The number of aliphatic carboxylic acids is 1. The van der Waals surface area contributed by atoms with E-state index >= 15 is 0 Å². The molecule has 1 aromatic heterocycles. The van der Waals surface area contributed by atoms with Crippen molar-refractivity contribution in [2.24, 2.45) is 0 Å². The summed E-state index contributed by atoms with van der Waals surface area (Å²) in [4.78, 5) is 26.0. The average molecular weight is 402 g/mol. The van der Waals surface area contributed by atoms with E-state index in [2.05, 4.69) is 18.4 Å². The van der Waals surface area contributed by atoms with Gasteiger partial charge in [0.25, 0.3) is 0 Å². The van der Waals surface area contributed by atoms with Gasteiger partial charge in [-0.3, -0.25) is 9.59 Å². The number of thiophene rings is 1. The van der Waals surface area contributed by atoms with E-state index in [1.165, 1.54) is 24.1 Å². The quantitative estimate of drug-likeness (QED) is 0.461. The minimum atomic E-state index is -0.772. The van der Waals surface area contributed by atoms with E-state index in [9.17, 15) is 9.59 Å². The van der Waals surface area contributed by atoms with E-state index in [0.717, 1.165) is 29.5 Å². The SMILES string of the molecule is CCCCCCCC(=O)N(C)Cc1cc(-c2ccc(CCC(=O)O)cc2)cs1. The zero-order chi connectivity index (χ0) is 20.4. The Bertz CT molecular complexity index is 751. The van der Waals surface area contributed by atoms with Crippen molar-refractivity contribution in [1.82, 2.24) is 4.90 Å². The molecule has 0 saturated heterocycles. The summed E-state index contributed by atoms with van der Waals surface area (Å²) in [6.45, 7) is 2.84. The lowest BCUT2D eigenvalue weighted by molar-refractivity contribution is -0.137. The van der Waals surface area contributed by atoms with Crippen LogP contribution in [0.3, 0.4) is 0 Å². The highest BCUT2D eigenvalue weighted by molar-refractivity contribution is 7.10. The largest absolute Gasteiger partial charge is 0.481 e. The number of rotatable bonds is 12. The maximum atomic E-state index is 12.3. The standard InChI is InChI=1S/C23H31NO3S/c1-3-4-5-6-7-8-22(25)24(2)16-21-15-20(17-28-21)19-12-9-18(10-13-19)11-14-23(26)27/h9-10,12-13,15,17H,3-8,11,14,16H2,1-2H3,(H,26,27). The lowest BCUT2D eigenvalue weighted by Gasteiger charge is -2.16. The first-order valence-electron chi connectivity index (χ1n) is 10.1. The van der Waals surface area contributed by atoms with E-state index in [1.807, 2.05) is 36.2 Å². The number of carbonyl (C=O) groups excluding carboxylic acids is 1. The molecule has 1 heterocycles. The van der Waals surface area contributed by atoms with Crippen LogP contribution in [0.1, 0.15) is 62.3 Å². The summed E-state index contributed by atoms with van der Waals surface area (Å²) in [6, 6.07) is 10.2. The molecular formula is C23H31NO3S. The van der Waals surface area contributed by atoms with Crippen LogP contribution in [0.25, 0.3) is 11.1 Å². The second kappa shape index (κ2) is 11.6. The summed E-state index contributed by atoms with van der Waals surface area (Å²) < 4.78 is 0. The summed E-state index contributed by atoms with van der Waals surface area (Å²) in [5, 5.41) is 10.9. The molecule has 0 radical (unpaired) electrons. The van der Waals surface area contributed by atoms with Crippen LogP contribution in [-0.4, -0.2) is 28.9 Å². The van der Waals surface area contributed by atoms with Crippen molar-refractivity contribution in [3.63, 3.8) is 0 Å². The minimum absolute atomic E-state index is 0.154. The molecule has 2 aromatic rings. The first-order valence-corrected chi connectivity index (χ1v) is 11.0. The van der Waals surface area contributed by atoms with Crippen molar-refractivity contribution in [3.8, 4) is 11.1 Å². The van der Waals surface area contributed by atoms with Gasteiger partial charge >= 0.3 is 5.97 Å². The molecule has 0 unspecified atom stereocenters. The summed E-state index contributed by atoms with van der Waals surface area (Å²) in [5.41, 5.74) is 3.29. The van der Waals surface area contributed by atoms with Crippen molar-refractivity contribution in [2.45, 2.75) is 64.8 Å². The van der Waals surface area contributed by atoms with Crippen LogP contribution in [0.5, 0.6) is 0 Å². The van der Waals surface area contributed by atoms with Crippen molar-refractivity contribution >= 4 is 23.2 Å². The van der Waals surface area contributed by atoms with Gasteiger partial charge in [0.05, 0.1) is 6.54 Å². The van der Waals surface area contributed by atoms with Crippen molar-refractivity contribution in [2.75, 3.05) is 7.05 Å². The molecule has 1 aromatic carbocycles. The number of hydrogen-bond donors (Lipinski definition) is 1. The number of carboxylic acid groups (broad SMARTS) is 1. The molecule has 0 atom stereocenters. The molecule has 0 saturated carbocycles. The van der Waals surface area contributed by atoms with Gasteiger partial charge in [-0.2, -0.15) is 0 Å². The fourth-order valence-electron chi connectivity index (χ4n) is 3.12. The number of aryl methyl sites for hydroxylation is 1. The fraction of sp³-hybridized carbons (Fsp3) is 0.478. The predicted octanol–water partition coefficient (Wildman–Crippen LogP) is 5.75. The maximum Gasteiger partial charge on any atom is 0.303 e. The Hall–Kier alpha value is -2.14. The van der Waals surface area contributed by atoms with Crippen LogP contribution in [-0.2, 0) is 22.6 Å². The highest BCUT2D eigenvalue weighted by atomic mass is 32.1. The molecule has 2 rings (SSSR count). The number of carboxylic acids is 1. The molecular weight excluding hydrogens is 370 g/mol. The average Bonchev–Trinajstić information content (AvgIpc) is 3.14. The van der Waals surface area contributed by atoms with E-state index in [4.69, 9.17) is 5.11 Å². The highest BCUT2D eigenvalue weighted by Crippen LogP contribution is 2.27. The summed E-state index contributed by atoms with van der Waals surface area (Å²) >= 11 is 1.67. The Morgan fingerprint density at radius 3 is 2.39 bits per heavy atom. The normalized spacial score (nSPS) is 10.8. The molecule has 4 nitrogen and oxygen atoms in total. The third kappa shape index (κ3) is 7.47. The van der Waals surface area contributed by atoms with Crippen LogP contribution in [0.15, 0.2) is 35.7 Å². The van der Waals surface area contributed by atoms with Gasteiger partial charge in [-0.25, -0.2) is 0 Å². The Kier molecular flexibility index (Phi) is 9.21. The van der Waals surface area contributed by atoms with Gasteiger partial charge in [0.2, 0.25) is 5.91 Å². The number of carbonyl (C=O) groups is 2. The number of unbranched alkanes of at least 4 members (excludes halogenated alkanes) is 4. The van der Waals surface area contributed by atoms with Gasteiger partial charge in [-0.05, 0) is 41.0 Å². The molecule has 152 valence electrons. The van der Waals surface area contributed by atoms with Crippen molar-refractivity contribution in [3.05, 3.63) is 46.2 Å². The number of hydrogen-bond acceptors (Lipinski definition) is 3. The van der Waals surface area contributed by atoms with Crippen LogP contribution in [0.2, 0.25) is 0 Å². The van der Waals surface area contributed by atoms with Crippen molar-refractivity contribution in [1.29, 1.82) is 0 Å². The second-order valence-electron chi connectivity index (χ2n) is 7.31. The molecule has 28 heavy (non-hydrogen) atoms. The van der Waals surface area contributed by atoms with Crippen molar-refractivity contribution < 1.29 is 14.7 Å². The lowest BCUT2D eigenvalue weighted by atomic mass is 10.0. The first-order chi connectivity index (χ1) is 13.5. The zero-order valence-electron chi connectivity index (χ0n) is 16.9. The predicted molar refractivity (Wildman–Crippen MR) is 116 cm³/mol. The summed E-state index contributed by atoms with van der Waals surface area (Å²) in [5.74, 6) is -0.555. The Balaban J connectivity index is 1.84. The summed E-state index contributed by atoms with van der Waals surface area (Å²) in [6.07, 6.45) is 7.15. The molecule has 0 aliphatic heterocycles. The van der Waals surface area contributed by atoms with Crippen LogP contribution >= 0.6 is 11.3 Å². The van der Waals surface area contributed by atoms with Gasteiger partial charge in [0, 0.05) is 24.8 Å². The molecule has 1 amide bonds. The van der Waals surface area contributed by atoms with Gasteiger partial charge < -0.3 is 10.0 Å². The van der Waals surface area contributed by atoms with Crippen LogP contribution < -0.4 is 0 Å². The van der Waals surface area contributed by atoms with Gasteiger partial charge in [0.15, 0.2) is 0 Å². The third-order valence-corrected chi connectivity index (χ3v) is 5.80. The van der Waals surface area contributed by atoms with Gasteiger partial charge in [-0.1, -0.05) is 56.9 Å². The van der Waals surface area contributed by atoms with Gasteiger partial charge in [-0.15, -0.1) is 11.3 Å². The first kappa shape index (κ1) is 22.2. The number of nitrogens with zero attached hydrogens (tertiary/aromatic N) is 1. The minimum Gasteiger partial charge on any atom is -0.481 e. The molecule has 0 aliphatic rings. The van der Waals surface area contributed by atoms with E-state index in [-0.39, 0.29) is 12.3 Å². The molecule has 0 spiro atoms. The molecule has 1 N–H and O–H groups in total. The van der Waals surface area contributed by atoms with E-state index in [0.29, 0.717) is 19.4 Å². The topological polar surface area (TPSA) is 57.6 Å². The fourth-order valence-corrected chi connectivity index (χ4v) is 4.07. The lowest BCUT2D eigenvalue weighted by Crippen LogP contribution is -2.25. The molecule has 5 heteroatoms. The van der Waals surface area contributed by atoms with Crippen LogP contribution in [0.4, 0.5) is 0 Å². The monoisotopic (exact) mass is 401 g/mol. The highest BCUT2D eigenvalue weighted by Gasteiger charge is 2.11. The molecule has 0 aliphatic carbocycles. The maximum absolute atomic E-state index is 12.3. The molecule has 0 fully saturated rings. The number of amides is 1. The Morgan fingerprint density at radius 1 is 1.00 bits per heavy atom. The van der Waals surface area contributed by atoms with Gasteiger partial charge in [0.1, 0.15) is 0 Å². The van der Waals surface area contributed by atoms with Crippen LogP contribution in [0, 0.1) is 0 Å². The summed E-state index contributed by atoms with van der Waals surface area (Å²) in [7, 11) is 1.88. The van der Waals surface area contributed by atoms with E-state index < -0.39 is 5.97 Å². The zero-order valence-corrected chi connectivity index (χ0v) is 17.8. The Labute approximate surface area is 172 Å². The number of benzene rings is 1. The third-order valence-electron chi connectivity index (χ3n) is 4.88. The second-order valence-corrected chi connectivity index (χ2v) is 8.30. The Morgan fingerprint density at radius 2 is 1.71 bits per heavy atom. The smallest absolute Gasteiger partial charge is 0.303 e. The van der Waals surface area contributed by atoms with E-state index in [1.54, 1.807) is 11.3 Å².